The summed E-state index contributed by atoms with van der Waals surface area (Å²) >= 11 is 0. The van der Waals surface area contributed by atoms with Gasteiger partial charge in [0.1, 0.15) is 0 Å². The molecule has 1 nitrogen and oxygen atoms in total. The number of halogens is 3. The molecule has 0 aliphatic rings. The number of alkyl halides is 3. The van der Waals surface area contributed by atoms with Crippen LogP contribution < -0.4 is 0 Å². The van der Waals surface area contributed by atoms with Crippen LogP contribution in [0.2, 0.25) is 0 Å². The summed E-state index contributed by atoms with van der Waals surface area (Å²) in [7, 11) is 0. The molecule has 1 aromatic rings. The first-order chi connectivity index (χ1) is 8.38. The van der Waals surface area contributed by atoms with E-state index in [-0.39, 0.29) is 12.2 Å². The Kier molecular flexibility index (Phi) is 4.70. The normalized spacial score (nSPS) is 12.6. The molecule has 18 heavy (non-hydrogen) atoms. The summed E-state index contributed by atoms with van der Waals surface area (Å²) < 4.78 is 37.5. The average Bonchev–Trinajstić information content (AvgIpc) is 2.29. The van der Waals surface area contributed by atoms with Gasteiger partial charge in [0.05, 0.1) is 5.56 Å². The van der Waals surface area contributed by atoms with Gasteiger partial charge in [-0.3, -0.25) is 4.79 Å². The van der Waals surface area contributed by atoms with Gasteiger partial charge in [-0.2, -0.15) is 13.2 Å². The van der Waals surface area contributed by atoms with Crippen LogP contribution in [0.25, 0.3) is 0 Å². The lowest BCUT2D eigenvalue weighted by Gasteiger charge is -2.09. The highest BCUT2D eigenvalue weighted by Gasteiger charge is 2.30. The van der Waals surface area contributed by atoms with E-state index in [0.29, 0.717) is 17.6 Å². The van der Waals surface area contributed by atoms with Gasteiger partial charge in [-0.1, -0.05) is 31.2 Å². The van der Waals surface area contributed by atoms with Crippen molar-refractivity contribution in [1.82, 2.24) is 0 Å². The van der Waals surface area contributed by atoms with Crippen molar-refractivity contribution in [1.29, 1.82) is 0 Å². The first kappa shape index (κ1) is 14.5. The molecule has 1 rings (SSSR count). The van der Waals surface area contributed by atoms with Crippen molar-refractivity contribution in [3.05, 3.63) is 47.0 Å². The number of benzene rings is 1. The molecule has 0 radical (unpaired) electrons. The second-order valence-electron chi connectivity index (χ2n) is 3.97. The average molecular weight is 256 g/mol. The second-order valence-corrected chi connectivity index (χ2v) is 3.97. The molecule has 0 spiro atoms. The summed E-state index contributed by atoms with van der Waals surface area (Å²) in [6.07, 6.45) is -2.06. The van der Waals surface area contributed by atoms with Crippen LogP contribution in [0, 0.1) is 0 Å². The van der Waals surface area contributed by atoms with Gasteiger partial charge in [0.25, 0.3) is 0 Å². The Balaban J connectivity index is 2.90. The summed E-state index contributed by atoms with van der Waals surface area (Å²) in [6, 6.07) is 4.90. The number of carbonyl (C=O) groups excluding carboxylic acids is 1. The van der Waals surface area contributed by atoms with Crippen molar-refractivity contribution < 1.29 is 18.0 Å². The highest BCUT2D eigenvalue weighted by Crippen LogP contribution is 2.29. The number of Topliss-reactive ketones (excluding diaryl/α,β-unsaturated/α-hetero) is 1. The van der Waals surface area contributed by atoms with E-state index in [0.717, 1.165) is 12.1 Å². The van der Waals surface area contributed by atoms with Gasteiger partial charge in [0.15, 0.2) is 5.78 Å². The number of carbonyl (C=O) groups is 1. The van der Waals surface area contributed by atoms with Crippen LogP contribution in [0.1, 0.15) is 31.4 Å². The van der Waals surface area contributed by atoms with Crippen molar-refractivity contribution in [2.75, 3.05) is 0 Å². The maximum Gasteiger partial charge on any atom is 0.416 e. The van der Waals surface area contributed by atoms with Crippen LogP contribution in [0.4, 0.5) is 13.2 Å². The number of hydrogen-bond acceptors (Lipinski definition) is 1. The maximum atomic E-state index is 12.5. The van der Waals surface area contributed by atoms with Crippen molar-refractivity contribution in [3.8, 4) is 0 Å². The molecule has 0 N–H and O–H groups in total. The number of ketones is 1. The third-order valence-corrected chi connectivity index (χ3v) is 2.71. The first-order valence-corrected chi connectivity index (χ1v) is 5.73. The lowest BCUT2D eigenvalue weighted by Crippen LogP contribution is -2.09. The highest BCUT2D eigenvalue weighted by molar-refractivity contribution is 5.96. The minimum Gasteiger partial charge on any atom is -0.294 e. The summed E-state index contributed by atoms with van der Waals surface area (Å²) in [5.41, 5.74) is 0.321. The Morgan fingerprint density at radius 1 is 1.33 bits per heavy atom. The summed E-state index contributed by atoms with van der Waals surface area (Å²) in [5, 5.41) is 0. The van der Waals surface area contributed by atoms with E-state index in [1.54, 1.807) is 13.0 Å². The fourth-order valence-electron chi connectivity index (χ4n) is 1.72. The van der Waals surface area contributed by atoms with Crippen LogP contribution in [0.15, 0.2) is 35.9 Å². The molecule has 0 atom stereocenters. The Hall–Kier alpha value is -1.58. The third-order valence-electron chi connectivity index (χ3n) is 2.71. The van der Waals surface area contributed by atoms with Gasteiger partial charge >= 0.3 is 6.18 Å². The zero-order chi connectivity index (χ0) is 13.8. The van der Waals surface area contributed by atoms with E-state index in [9.17, 15) is 18.0 Å². The lowest BCUT2D eigenvalue weighted by atomic mass is 10.00. The molecule has 0 saturated carbocycles. The molecule has 4 heteroatoms. The van der Waals surface area contributed by atoms with Gasteiger partial charge in [-0.15, -0.1) is 0 Å². The van der Waals surface area contributed by atoms with E-state index in [4.69, 9.17) is 0 Å². The molecule has 0 amide bonds. The molecular formula is C14H15F3O. The van der Waals surface area contributed by atoms with Crippen LogP contribution in [-0.2, 0) is 17.4 Å². The Bertz CT molecular complexity index is 458. The predicted molar refractivity (Wildman–Crippen MR) is 64.2 cm³/mol. The standard InChI is InChI=1S/C14H15F3O/c1-3-11(4-2)13(18)9-10-6-5-7-12(8-10)14(15,16)17/h3,5-8H,4,9H2,1-2H3/b11-3-. The summed E-state index contributed by atoms with van der Waals surface area (Å²) in [6.45, 7) is 3.60. The van der Waals surface area contributed by atoms with Crippen LogP contribution in [0.5, 0.6) is 0 Å². The van der Waals surface area contributed by atoms with Crippen molar-refractivity contribution in [3.63, 3.8) is 0 Å². The minimum absolute atomic E-state index is 0.0113. The van der Waals surface area contributed by atoms with E-state index in [2.05, 4.69) is 0 Å². The molecule has 0 aliphatic carbocycles. The van der Waals surface area contributed by atoms with E-state index >= 15 is 0 Å². The zero-order valence-electron chi connectivity index (χ0n) is 10.3. The minimum atomic E-state index is -4.37. The second kappa shape index (κ2) is 5.85. The van der Waals surface area contributed by atoms with E-state index in [1.807, 2.05) is 6.92 Å². The fourth-order valence-corrected chi connectivity index (χ4v) is 1.72. The monoisotopic (exact) mass is 256 g/mol. The highest BCUT2D eigenvalue weighted by atomic mass is 19.4. The fraction of sp³-hybridized carbons (Fsp3) is 0.357. The first-order valence-electron chi connectivity index (χ1n) is 5.73. The van der Waals surface area contributed by atoms with Crippen LogP contribution >= 0.6 is 0 Å². The lowest BCUT2D eigenvalue weighted by molar-refractivity contribution is -0.137. The molecule has 0 fully saturated rings. The smallest absolute Gasteiger partial charge is 0.294 e. The van der Waals surface area contributed by atoms with Gasteiger partial charge in [0.2, 0.25) is 0 Å². The summed E-state index contributed by atoms with van der Waals surface area (Å²) in [5.74, 6) is -0.126. The SMILES string of the molecule is C/C=C(/CC)C(=O)Cc1cccc(C(F)(F)F)c1. The van der Waals surface area contributed by atoms with Crippen LogP contribution in [0.3, 0.4) is 0 Å². The quantitative estimate of drug-likeness (QED) is 0.739. The Morgan fingerprint density at radius 2 is 2.00 bits per heavy atom. The van der Waals surface area contributed by atoms with Crippen molar-refractivity contribution >= 4 is 5.78 Å². The van der Waals surface area contributed by atoms with Gasteiger partial charge < -0.3 is 0 Å². The largest absolute Gasteiger partial charge is 0.416 e. The zero-order valence-corrected chi connectivity index (χ0v) is 10.3. The van der Waals surface area contributed by atoms with E-state index < -0.39 is 11.7 Å². The Labute approximate surface area is 104 Å². The van der Waals surface area contributed by atoms with Crippen molar-refractivity contribution in [2.45, 2.75) is 32.9 Å². The molecular weight excluding hydrogens is 241 g/mol. The van der Waals surface area contributed by atoms with Crippen LogP contribution in [-0.4, -0.2) is 5.78 Å². The Morgan fingerprint density at radius 3 is 2.50 bits per heavy atom. The third kappa shape index (κ3) is 3.72. The maximum absolute atomic E-state index is 12.5. The van der Waals surface area contributed by atoms with Crippen molar-refractivity contribution in [2.24, 2.45) is 0 Å². The molecule has 0 aromatic heterocycles. The van der Waals surface area contributed by atoms with Gasteiger partial charge in [-0.05, 0) is 30.5 Å². The topological polar surface area (TPSA) is 17.1 Å². The van der Waals surface area contributed by atoms with Gasteiger partial charge in [-0.25, -0.2) is 0 Å². The molecule has 0 aliphatic heterocycles. The molecule has 1 aromatic carbocycles. The van der Waals surface area contributed by atoms with E-state index in [1.165, 1.54) is 12.1 Å². The predicted octanol–water partition coefficient (Wildman–Crippen LogP) is 4.17. The van der Waals surface area contributed by atoms with Gasteiger partial charge in [0, 0.05) is 6.42 Å². The number of rotatable bonds is 4. The number of allylic oxidation sites excluding steroid dienone is 2. The number of hydrogen-bond donors (Lipinski definition) is 0. The molecule has 0 unspecified atom stereocenters. The molecule has 0 saturated heterocycles. The summed E-state index contributed by atoms with van der Waals surface area (Å²) in [4.78, 5) is 11.8. The molecule has 0 heterocycles. The molecule has 98 valence electrons. The molecule has 0 bridgehead atoms.